The highest BCUT2D eigenvalue weighted by atomic mass is 32.2. The number of ketones is 1. The molecule has 0 unspecified atom stereocenters. The van der Waals surface area contributed by atoms with Crippen molar-refractivity contribution in [2.24, 2.45) is 0 Å². The van der Waals surface area contributed by atoms with Gasteiger partial charge in [0.1, 0.15) is 0 Å². The normalized spacial score (nSPS) is 10.7. The van der Waals surface area contributed by atoms with Gasteiger partial charge in [0, 0.05) is 30.9 Å². The van der Waals surface area contributed by atoms with Crippen LogP contribution in [0.2, 0.25) is 0 Å². The monoisotopic (exact) mass is 356 g/mol. The summed E-state index contributed by atoms with van der Waals surface area (Å²) in [6.07, 6.45) is 0. The molecule has 0 radical (unpaired) electrons. The maximum absolute atomic E-state index is 12.2. The zero-order chi connectivity index (χ0) is 18.4. The molecule has 0 aliphatic rings. The minimum Gasteiger partial charge on any atom is -0.378 e. The Labute approximate surface area is 148 Å². The average molecular weight is 356 g/mol. The zero-order valence-corrected chi connectivity index (χ0v) is 15.2. The molecule has 130 valence electrons. The summed E-state index contributed by atoms with van der Waals surface area (Å²) in [6.45, 7) is 1.44. The second kappa shape index (κ2) is 7.97. The molecule has 0 aromatic heterocycles. The van der Waals surface area contributed by atoms with Crippen LogP contribution in [0, 0.1) is 11.8 Å². The Bertz CT molecular complexity index is 904. The van der Waals surface area contributed by atoms with Gasteiger partial charge in [0.05, 0.1) is 11.4 Å². The third-order valence-corrected chi connectivity index (χ3v) is 4.96. The lowest BCUT2D eigenvalue weighted by Crippen LogP contribution is -2.24. The van der Waals surface area contributed by atoms with Crippen molar-refractivity contribution in [2.45, 2.75) is 11.8 Å². The van der Waals surface area contributed by atoms with Crippen molar-refractivity contribution < 1.29 is 13.2 Å². The first-order chi connectivity index (χ1) is 11.8. The number of sulfonamides is 1. The van der Waals surface area contributed by atoms with Crippen molar-refractivity contribution in [1.82, 2.24) is 4.72 Å². The van der Waals surface area contributed by atoms with E-state index in [0.29, 0.717) is 5.56 Å². The summed E-state index contributed by atoms with van der Waals surface area (Å²) >= 11 is 0. The third kappa shape index (κ3) is 5.18. The first-order valence-electron chi connectivity index (χ1n) is 7.66. The number of benzene rings is 2. The standard InChI is InChI=1S/C19H20N2O3S/c1-15(22)17-8-12-19(13-9-17)25(23,24)20-14-4-5-16-6-10-18(11-7-16)21(2)3/h6-13,20H,14H2,1-3H3. The van der Waals surface area contributed by atoms with E-state index in [0.717, 1.165) is 11.3 Å². The van der Waals surface area contributed by atoms with Gasteiger partial charge in [-0.1, -0.05) is 24.0 Å². The number of carbonyl (C=O) groups excluding carboxylic acids is 1. The van der Waals surface area contributed by atoms with Crippen LogP contribution in [0.15, 0.2) is 53.4 Å². The molecule has 0 saturated heterocycles. The average Bonchev–Trinajstić information content (AvgIpc) is 2.59. The van der Waals surface area contributed by atoms with Crippen LogP contribution in [0.3, 0.4) is 0 Å². The molecular weight excluding hydrogens is 336 g/mol. The molecule has 2 aromatic carbocycles. The van der Waals surface area contributed by atoms with E-state index in [2.05, 4.69) is 16.6 Å². The molecule has 1 N–H and O–H groups in total. The molecule has 2 rings (SSSR count). The van der Waals surface area contributed by atoms with E-state index in [1.165, 1.54) is 31.2 Å². The maximum Gasteiger partial charge on any atom is 0.241 e. The number of hydrogen-bond donors (Lipinski definition) is 1. The molecule has 0 aliphatic heterocycles. The molecule has 5 nitrogen and oxygen atoms in total. The lowest BCUT2D eigenvalue weighted by atomic mass is 10.2. The highest BCUT2D eigenvalue weighted by molar-refractivity contribution is 7.89. The Balaban J connectivity index is 1.99. The summed E-state index contributed by atoms with van der Waals surface area (Å²) in [5.74, 6) is 5.61. The highest BCUT2D eigenvalue weighted by Crippen LogP contribution is 2.12. The van der Waals surface area contributed by atoms with Crippen molar-refractivity contribution in [1.29, 1.82) is 0 Å². The third-order valence-electron chi connectivity index (χ3n) is 3.54. The van der Waals surface area contributed by atoms with Gasteiger partial charge in [-0.2, -0.15) is 4.72 Å². The van der Waals surface area contributed by atoms with Gasteiger partial charge in [0.2, 0.25) is 10.0 Å². The van der Waals surface area contributed by atoms with E-state index in [9.17, 15) is 13.2 Å². The zero-order valence-electron chi connectivity index (χ0n) is 14.4. The lowest BCUT2D eigenvalue weighted by molar-refractivity contribution is 0.101. The molecule has 25 heavy (non-hydrogen) atoms. The van der Waals surface area contributed by atoms with Crippen LogP contribution in [-0.2, 0) is 10.0 Å². The Hall–Kier alpha value is -2.62. The number of anilines is 1. The molecule has 2 aromatic rings. The van der Waals surface area contributed by atoms with E-state index < -0.39 is 10.0 Å². The number of Topliss-reactive ketones (excluding diaryl/α,β-unsaturated/α-hetero) is 1. The van der Waals surface area contributed by atoms with Crippen LogP contribution in [0.1, 0.15) is 22.8 Å². The van der Waals surface area contributed by atoms with E-state index in [1.807, 2.05) is 43.3 Å². The topological polar surface area (TPSA) is 66.5 Å². The molecule has 0 saturated carbocycles. The van der Waals surface area contributed by atoms with Gasteiger partial charge < -0.3 is 4.90 Å². The predicted octanol–water partition coefficient (Wildman–Crippen LogP) is 2.29. The Morgan fingerprint density at radius 1 is 1.04 bits per heavy atom. The molecule has 6 heteroatoms. The van der Waals surface area contributed by atoms with E-state index in [1.54, 1.807) is 0 Å². The highest BCUT2D eigenvalue weighted by Gasteiger charge is 2.12. The molecule has 0 atom stereocenters. The SMILES string of the molecule is CC(=O)c1ccc(S(=O)(=O)NCC#Cc2ccc(N(C)C)cc2)cc1. The van der Waals surface area contributed by atoms with Gasteiger partial charge in [-0.05, 0) is 43.3 Å². The number of nitrogens with zero attached hydrogens (tertiary/aromatic N) is 1. The van der Waals surface area contributed by atoms with E-state index in [-0.39, 0.29) is 17.2 Å². The molecule has 0 fully saturated rings. The summed E-state index contributed by atoms with van der Waals surface area (Å²) in [5.41, 5.74) is 2.36. The van der Waals surface area contributed by atoms with Crippen molar-refractivity contribution in [3.05, 3.63) is 59.7 Å². The second-order valence-electron chi connectivity index (χ2n) is 5.65. The van der Waals surface area contributed by atoms with Gasteiger partial charge in [0.25, 0.3) is 0 Å². The van der Waals surface area contributed by atoms with Crippen molar-refractivity contribution >= 4 is 21.5 Å². The quantitative estimate of drug-likeness (QED) is 0.659. The van der Waals surface area contributed by atoms with E-state index in [4.69, 9.17) is 0 Å². The minimum absolute atomic E-state index is 0.00618. The molecule has 0 bridgehead atoms. The summed E-state index contributed by atoms with van der Waals surface area (Å²) in [5, 5.41) is 0. The Morgan fingerprint density at radius 2 is 1.64 bits per heavy atom. The van der Waals surface area contributed by atoms with Crippen LogP contribution in [0.25, 0.3) is 0 Å². The first kappa shape index (κ1) is 18.7. The van der Waals surface area contributed by atoms with Crippen molar-refractivity contribution in [3.8, 4) is 11.8 Å². The summed E-state index contributed by atoms with van der Waals surface area (Å²) in [4.78, 5) is 13.3. The van der Waals surface area contributed by atoms with Crippen molar-refractivity contribution in [2.75, 3.05) is 25.5 Å². The van der Waals surface area contributed by atoms with Crippen LogP contribution in [0.5, 0.6) is 0 Å². The van der Waals surface area contributed by atoms with Crippen molar-refractivity contribution in [3.63, 3.8) is 0 Å². The van der Waals surface area contributed by atoms with Crippen LogP contribution < -0.4 is 9.62 Å². The van der Waals surface area contributed by atoms with Crippen LogP contribution in [0.4, 0.5) is 5.69 Å². The smallest absolute Gasteiger partial charge is 0.241 e. The van der Waals surface area contributed by atoms with Gasteiger partial charge in [-0.3, -0.25) is 4.79 Å². The Morgan fingerprint density at radius 3 is 2.16 bits per heavy atom. The number of nitrogens with one attached hydrogen (secondary N) is 1. The van der Waals surface area contributed by atoms with Gasteiger partial charge in [-0.25, -0.2) is 8.42 Å². The van der Waals surface area contributed by atoms with Gasteiger partial charge in [-0.15, -0.1) is 0 Å². The molecule has 0 aliphatic carbocycles. The number of carbonyl (C=O) groups is 1. The molecule has 0 spiro atoms. The second-order valence-corrected chi connectivity index (χ2v) is 7.42. The van der Waals surface area contributed by atoms with Crippen LogP contribution in [-0.4, -0.2) is 34.8 Å². The fourth-order valence-electron chi connectivity index (χ4n) is 2.07. The number of hydrogen-bond acceptors (Lipinski definition) is 4. The molecule has 0 heterocycles. The summed E-state index contributed by atoms with van der Waals surface area (Å²) in [6, 6.07) is 13.5. The fourth-order valence-corrected chi connectivity index (χ4v) is 3.00. The van der Waals surface area contributed by atoms with Gasteiger partial charge in [0.15, 0.2) is 5.78 Å². The fraction of sp³-hybridized carbons (Fsp3) is 0.211. The predicted molar refractivity (Wildman–Crippen MR) is 99.3 cm³/mol. The minimum atomic E-state index is -3.65. The van der Waals surface area contributed by atoms with E-state index >= 15 is 0 Å². The first-order valence-corrected chi connectivity index (χ1v) is 9.15. The van der Waals surface area contributed by atoms with Crippen LogP contribution >= 0.6 is 0 Å². The van der Waals surface area contributed by atoms with Gasteiger partial charge >= 0.3 is 0 Å². The largest absolute Gasteiger partial charge is 0.378 e. The number of rotatable bonds is 5. The molecular formula is C19H20N2O3S. The lowest BCUT2D eigenvalue weighted by Gasteiger charge is -2.11. The Kier molecular flexibility index (Phi) is 5.97. The molecule has 0 amide bonds. The summed E-state index contributed by atoms with van der Waals surface area (Å²) in [7, 11) is 0.268. The summed E-state index contributed by atoms with van der Waals surface area (Å²) < 4.78 is 26.8. The maximum atomic E-state index is 12.2.